The van der Waals surface area contributed by atoms with Crippen LogP contribution in [0.3, 0.4) is 0 Å². The number of carbonyl (C=O) groups is 1. The van der Waals surface area contributed by atoms with Gasteiger partial charge in [0.2, 0.25) is 10.0 Å². The number of nitrogens with zero attached hydrogens (tertiary/aromatic N) is 1. The van der Waals surface area contributed by atoms with E-state index in [2.05, 4.69) is 17.2 Å². The molecule has 1 unspecified atom stereocenters. The maximum atomic E-state index is 12.6. The summed E-state index contributed by atoms with van der Waals surface area (Å²) in [6, 6.07) is 12.8. The molecule has 0 spiro atoms. The Labute approximate surface area is 180 Å². The molecular weight excluding hydrogens is 422 g/mol. The zero-order chi connectivity index (χ0) is 23.1. The Morgan fingerprint density at radius 2 is 1.77 bits per heavy atom. The van der Waals surface area contributed by atoms with Crippen LogP contribution in [-0.2, 0) is 21.4 Å². The summed E-state index contributed by atoms with van der Waals surface area (Å²) in [6.45, 7) is 4.18. The molecule has 2 aromatic rings. The number of nitro groups is 1. The average Bonchev–Trinajstić information content (AvgIpc) is 2.72. The van der Waals surface area contributed by atoms with Crippen molar-refractivity contribution < 1.29 is 23.2 Å². The first-order valence-corrected chi connectivity index (χ1v) is 10.8. The number of carboxylic acids is 1. The van der Waals surface area contributed by atoms with Gasteiger partial charge in [0.15, 0.2) is 4.90 Å². The van der Waals surface area contributed by atoms with Crippen molar-refractivity contribution in [2.45, 2.75) is 43.3 Å². The summed E-state index contributed by atoms with van der Waals surface area (Å²) in [4.78, 5) is 21.2. The van der Waals surface area contributed by atoms with Crippen molar-refractivity contribution in [1.82, 2.24) is 10.0 Å². The van der Waals surface area contributed by atoms with Crippen LogP contribution in [0.2, 0.25) is 0 Å². The van der Waals surface area contributed by atoms with Gasteiger partial charge in [-0.2, -0.15) is 4.72 Å². The van der Waals surface area contributed by atoms with Gasteiger partial charge in [0, 0.05) is 19.0 Å². The molecule has 0 radical (unpaired) electrons. The minimum absolute atomic E-state index is 0.314. The van der Waals surface area contributed by atoms with E-state index >= 15 is 0 Å². The second kappa shape index (κ2) is 10.2. The number of benzene rings is 2. The Morgan fingerprint density at radius 3 is 2.39 bits per heavy atom. The maximum absolute atomic E-state index is 12.6. The third-order valence-electron chi connectivity index (χ3n) is 4.23. The lowest BCUT2D eigenvalue weighted by Gasteiger charge is -2.20. The molecule has 9 nitrogen and oxygen atoms in total. The van der Waals surface area contributed by atoms with Crippen molar-refractivity contribution in [1.29, 1.82) is 0 Å². The summed E-state index contributed by atoms with van der Waals surface area (Å²) < 4.78 is 27.1. The number of nitrogens with one attached hydrogen (secondary N) is 2. The molecule has 2 aromatic carbocycles. The van der Waals surface area contributed by atoms with Crippen molar-refractivity contribution in [2.75, 3.05) is 0 Å². The monoisotopic (exact) mass is 445 g/mol. The average molecular weight is 445 g/mol. The highest BCUT2D eigenvalue weighted by Crippen LogP contribution is 2.23. The Balaban J connectivity index is 2.10. The lowest BCUT2D eigenvalue weighted by atomic mass is 10.0. The number of hydrogen-bond acceptors (Lipinski definition) is 6. The van der Waals surface area contributed by atoms with Crippen molar-refractivity contribution in [2.24, 2.45) is 0 Å². The molecular formula is C21H23N3O6S. The van der Waals surface area contributed by atoms with Gasteiger partial charge >= 0.3 is 5.97 Å². The van der Waals surface area contributed by atoms with Crippen LogP contribution in [0, 0.1) is 22.0 Å². The van der Waals surface area contributed by atoms with Gasteiger partial charge in [-0.15, -0.1) is 0 Å². The fourth-order valence-corrected chi connectivity index (χ4v) is 3.96. The summed E-state index contributed by atoms with van der Waals surface area (Å²) in [5.41, 5.74) is -0.245. The van der Waals surface area contributed by atoms with Crippen molar-refractivity contribution in [3.05, 3.63) is 70.3 Å². The fraction of sp³-hybridized carbons (Fsp3) is 0.286. The molecule has 0 saturated carbocycles. The zero-order valence-corrected chi connectivity index (χ0v) is 17.8. The van der Waals surface area contributed by atoms with Gasteiger partial charge < -0.3 is 5.11 Å². The number of nitro benzene ring substituents is 1. The molecule has 0 aliphatic heterocycles. The van der Waals surface area contributed by atoms with Crippen molar-refractivity contribution >= 4 is 21.7 Å². The first kappa shape index (κ1) is 24.0. The Hall–Kier alpha value is -3.26. The van der Waals surface area contributed by atoms with E-state index in [1.54, 1.807) is 0 Å². The lowest BCUT2D eigenvalue weighted by Crippen LogP contribution is -2.41. The molecule has 164 valence electrons. The van der Waals surface area contributed by atoms with Crippen LogP contribution in [0.4, 0.5) is 5.69 Å². The molecule has 0 amide bonds. The van der Waals surface area contributed by atoms with Crippen molar-refractivity contribution in [3.63, 3.8) is 0 Å². The van der Waals surface area contributed by atoms with Gasteiger partial charge in [0.1, 0.15) is 6.04 Å². The first-order chi connectivity index (χ1) is 14.5. The number of para-hydroxylation sites is 1. The number of hydrogen-bond donors (Lipinski definition) is 3. The van der Waals surface area contributed by atoms with Gasteiger partial charge in [-0.25, -0.2) is 8.42 Å². The molecule has 0 saturated heterocycles. The number of carboxylic acid groups (broad SMARTS) is 1. The summed E-state index contributed by atoms with van der Waals surface area (Å²) in [6.07, 6.45) is -0.314. The summed E-state index contributed by atoms with van der Waals surface area (Å²) in [5.74, 6) is 4.16. The maximum Gasteiger partial charge on any atom is 0.322 e. The molecule has 0 heterocycles. The van der Waals surface area contributed by atoms with Crippen LogP contribution in [0.1, 0.15) is 25.8 Å². The quantitative estimate of drug-likeness (QED) is 0.306. The van der Waals surface area contributed by atoms with Gasteiger partial charge in [-0.1, -0.05) is 54.3 Å². The molecule has 0 aliphatic carbocycles. The normalized spacial score (nSPS) is 12.5. The summed E-state index contributed by atoms with van der Waals surface area (Å²) >= 11 is 0. The third-order valence-corrected chi connectivity index (χ3v) is 5.75. The predicted octanol–water partition coefficient (Wildman–Crippen LogP) is 2.29. The molecule has 2 rings (SSSR count). The van der Waals surface area contributed by atoms with E-state index < -0.39 is 43.1 Å². The molecule has 0 aromatic heterocycles. The molecule has 3 N–H and O–H groups in total. The van der Waals surface area contributed by atoms with Gasteiger partial charge in [-0.3, -0.25) is 20.2 Å². The largest absolute Gasteiger partial charge is 0.480 e. The van der Waals surface area contributed by atoms with E-state index in [-0.39, 0.29) is 6.42 Å². The highest BCUT2D eigenvalue weighted by atomic mass is 32.2. The number of aliphatic carboxylic acids is 1. The topological polar surface area (TPSA) is 139 Å². The molecule has 10 heteroatoms. The van der Waals surface area contributed by atoms with Crippen LogP contribution in [0.15, 0.2) is 59.5 Å². The highest BCUT2D eigenvalue weighted by molar-refractivity contribution is 7.89. The van der Waals surface area contributed by atoms with E-state index in [9.17, 15) is 28.4 Å². The van der Waals surface area contributed by atoms with Gasteiger partial charge in [-0.05, 0) is 25.5 Å². The summed E-state index contributed by atoms with van der Waals surface area (Å²) in [5, 5.41) is 23.7. The Kier molecular flexibility index (Phi) is 7.88. The van der Waals surface area contributed by atoms with Crippen LogP contribution in [-0.4, -0.2) is 36.0 Å². The lowest BCUT2D eigenvalue weighted by molar-refractivity contribution is -0.387. The second-order valence-electron chi connectivity index (χ2n) is 7.21. The minimum Gasteiger partial charge on any atom is -0.480 e. The molecule has 0 bridgehead atoms. The van der Waals surface area contributed by atoms with Crippen LogP contribution < -0.4 is 10.0 Å². The molecule has 31 heavy (non-hydrogen) atoms. The van der Waals surface area contributed by atoms with E-state index in [1.807, 2.05) is 48.9 Å². The fourth-order valence-electron chi connectivity index (χ4n) is 2.60. The zero-order valence-electron chi connectivity index (χ0n) is 17.0. The Morgan fingerprint density at radius 1 is 1.16 bits per heavy atom. The SMILES string of the molecule is CC(C)(C#CCC(NS(=O)(=O)c1ccccc1[N+](=O)[O-])C(=O)O)NCc1ccccc1. The van der Waals surface area contributed by atoms with Crippen LogP contribution in [0.5, 0.6) is 0 Å². The predicted molar refractivity (Wildman–Crippen MR) is 115 cm³/mol. The van der Waals surface area contributed by atoms with E-state index in [0.29, 0.717) is 6.54 Å². The molecule has 1 atom stereocenters. The highest BCUT2D eigenvalue weighted by Gasteiger charge is 2.30. The number of sulfonamides is 1. The van der Waals surface area contributed by atoms with Gasteiger partial charge in [0.05, 0.1) is 10.5 Å². The molecule has 0 aliphatic rings. The first-order valence-electron chi connectivity index (χ1n) is 9.29. The van der Waals surface area contributed by atoms with E-state index in [0.717, 1.165) is 17.7 Å². The van der Waals surface area contributed by atoms with Crippen LogP contribution >= 0.6 is 0 Å². The minimum atomic E-state index is -4.45. The second-order valence-corrected chi connectivity index (χ2v) is 8.89. The Bertz CT molecular complexity index is 1100. The third kappa shape index (κ3) is 7.18. The van der Waals surface area contributed by atoms with E-state index in [1.165, 1.54) is 12.1 Å². The van der Waals surface area contributed by atoms with Gasteiger partial charge in [0.25, 0.3) is 5.69 Å². The summed E-state index contributed by atoms with van der Waals surface area (Å²) in [7, 11) is -4.45. The van der Waals surface area contributed by atoms with Crippen LogP contribution in [0.25, 0.3) is 0 Å². The molecule has 0 fully saturated rings. The van der Waals surface area contributed by atoms with E-state index in [4.69, 9.17) is 0 Å². The standard InChI is InChI=1S/C21H23N3O6S/c1-21(2,22-15-16-9-4-3-5-10-16)14-8-11-17(20(25)26)23-31(29,30)19-13-7-6-12-18(19)24(27)28/h3-7,9-10,12-13,17,22-23H,11,15H2,1-2H3,(H,25,26). The van der Waals surface area contributed by atoms with Crippen molar-refractivity contribution in [3.8, 4) is 11.8 Å². The number of rotatable bonds is 9. The smallest absolute Gasteiger partial charge is 0.322 e.